The van der Waals surface area contributed by atoms with Crippen LogP contribution in [-0.2, 0) is 4.74 Å². The zero-order valence-electron chi connectivity index (χ0n) is 14.5. The summed E-state index contributed by atoms with van der Waals surface area (Å²) < 4.78 is 11.2. The number of fused-ring (bicyclic) bond motifs is 1. The summed E-state index contributed by atoms with van der Waals surface area (Å²) in [5.74, 6) is 0. The second-order valence-electron chi connectivity index (χ2n) is 7.19. The van der Waals surface area contributed by atoms with Crippen LogP contribution in [0.15, 0.2) is 28.7 Å². The molecule has 3 rings (SSSR count). The number of oxazole rings is 1. The number of nitrogens with zero attached hydrogens (tertiary/aromatic N) is 2. The predicted molar refractivity (Wildman–Crippen MR) is 93.2 cm³/mol. The first-order valence-electron chi connectivity index (χ1n) is 8.51. The van der Waals surface area contributed by atoms with E-state index in [4.69, 9.17) is 9.15 Å². The van der Waals surface area contributed by atoms with Crippen molar-refractivity contribution in [1.82, 2.24) is 10.3 Å². The van der Waals surface area contributed by atoms with Crippen LogP contribution >= 0.6 is 0 Å². The third-order valence-corrected chi connectivity index (χ3v) is 4.04. The van der Waals surface area contributed by atoms with Gasteiger partial charge in [-0.1, -0.05) is 12.1 Å². The quantitative estimate of drug-likeness (QED) is 0.928. The zero-order valence-corrected chi connectivity index (χ0v) is 14.5. The summed E-state index contributed by atoms with van der Waals surface area (Å²) in [5, 5.41) is 2.87. The summed E-state index contributed by atoms with van der Waals surface area (Å²) in [4.78, 5) is 18.6. The van der Waals surface area contributed by atoms with Crippen molar-refractivity contribution in [2.24, 2.45) is 0 Å². The van der Waals surface area contributed by atoms with E-state index in [2.05, 4.69) is 15.2 Å². The van der Waals surface area contributed by atoms with Crippen molar-refractivity contribution in [2.75, 3.05) is 18.0 Å². The molecule has 1 atom stereocenters. The molecule has 1 aromatic carbocycles. The molecule has 130 valence electrons. The molecule has 1 amide bonds. The highest BCUT2D eigenvalue weighted by molar-refractivity contribution is 5.74. The summed E-state index contributed by atoms with van der Waals surface area (Å²) in [6.45, 7) is 6.98. The summed E-state index contributed by atoms with van der Waals surface area (Å²) in [6.07, 6.45) is 2.85. The number of rotatable bonds is 3. The number of ether oxygens (including phenoxy) is 1. The lowest BCUT2D eigenvalue weighted by molar-refractivity contribution is 0.0522. The van der Waals surface area contributed by atoms with Gasteiger partial charge in [0.25, 0.3) is 6.01 Å². The molecule has 0 spiro atoms. The van der Waals surface area contributed by atoms with Gasteiger partial charge in [0.05, 0.1) is 6.04 Å². The molecule has 1 fully saturated rings. The lowest BCUT2D eigenvalue weighted by Crippen LogP contribution is -2.47. The average molecular weight is 331 g/mol. The smallest absolute Gasteiger partial charge is 0.407 e. The number of anilines is 1. The van der Waals surface area contributed by atoms with Crippen LogP contribution in [0.25, 0.3) is 11.1 Å². The Labute approximate surface area is 142 Å². The van der Waals surface area contributed by atoms with Gasteiger partial charge in [-0.05, 0) is 52.2 Å². The van der Waals surface area contributed by atoms with E-state index < -0.39 is 5.60 Å². The molecule has 24 heavy (non-hydrogen) atoms. The first-order valence-corrected chi connectivity index (χ1v) is 8.51. The Kier molecular flexibility index (Phi) is 4.64. The van der Waals surface area contributed by atoms with Gasteiger partial charge < -0.3 is 19.4 Å². The first kappa shape index (κ1) is 16.6. The Morgan fingerprint density at radius 3 is 2.92 bits per heavy atom. The molecular formula is C18H25N3O3. The molecule has 1 aromatic heterocycles. The molecule has 1 saturated heterocycles. The van der Waals surface area contributed by atoms with Crippen molar-refractivity contribution in [3.05, 3.63) is 24.3 Å². The molecule has 2 heterocycles. The van der Waals surface area contributed by atoms with Crippen LogP contribution in [-0.4, -0.2) is 35.8 Å². The van der Waals surface area contributed by atoms with Gasteiger partial charge >= 0.3 is 6.09 Å². The molecule has 0 unspecified atom stereocenters. The van der Waals surface area contributed by atoms with Crippen LogP contribution < -0.4 is 10.2 Å². The second kappa shape index (κ2) is 6.71. The Hall–Kier alpha value is -2.24. The molecule has 1 aliphatic rings. The Morgan fingerprint density at radius 2 is 2.17 bits per heavy atom. The number of aromatic nitrogens is 1. The Balaban J connectivity index is 1.68. The van der Waals surface area contributed by atoms with E-state index in [1.807, 2.05) is 45.0 Å². The number of piperidine rings is 1. The fourth-order valence-corrected chi connectivity index (χ4v) is 2.96. The van der Waals surface area contributed by atoms with E-state index in [9.17, 15) is 4.79 Å². The van der Waals surface area contributed by atoms with E-state index >= 15 is 0 Å². The second-order valence-corrected chi connectivity index (χ2v) is 7.19. The van der Waals surface area contributed by atoms with E-state index in [1.54, 1.807) is 0 Å². The zero-order chi connectivity index (χ0) is 17.2. The highest BCUT2D eigenvalue weighted by Crippen LogP contribution is 2.27. The number of carbonyl (C=O) groups excluding carboxylic acids is 1. The SMILES string of the molecule is CC(C)(C)OC(=O)NC[C@H]1CCCCN1c1nc2ccccc2o1. The number of hydrogen-bond acceptors (Lipinski definition) is 5. The number of nitrogens with one attached hydrogen (secondary N) is 1. The highest BCUT2D eigenvalue weighted by Gasteiger charge is 2.27. The van der Waals surface area contributed by atoms with E-state index in [0.29, 0.717) is 12.6 Å². The summed E-state index contributed by atoms with van der Waals surface area (Å²) in [5.41, 5.74) is 1.16. The van der Waals surface area contributed by atoms with Crippen LogP contribution in [0.3, 0.4) is 0 Å². The fraction of sp³-hybridized carbons (Fsp3) is 0.556. The molecule has 0 radical (unpaired) electrons. The Bertz CT molecular complexity index is 672. The van der Waals surface area contributed by atoms with Crippen molar-refractivity contribution in [1.29, 1.82) is 0 Å². The van der Waals surface area contributed by atoms with Crippen molar-refractivity contribution in [3.8, 4) is 0 Å². The summed E-state index contributed by atoms with van der Waals surface area (Å²) in [6, 6.07) is 8.55. The lowest BCUT2D eigenvalue weighted by atomic mass is 10.0. The molecule has 1 aliphatic heterocycles. The molecule has 6 nitrogen and oxygen atoms in total. The van der Waals surface area contributed by atoms with E-state index in [0.717, 1.165) is 36.9 Å². The minimum absolute atomic E-state index is 0.166. The standard InChI is InChI=1S/C18H25N3O3/c1-18(2,3)24-17(22)19-12-13-8-6-7-11-21(13)16-20-14-9-4-5-10-15(14)23-16/h4-5,9-10,13H,6-8,11-12H2,1-3H3,(H,19,22)/t13-/m1/s1. The van der Waals surface area contributed by atoms with Crippen molar-refractivity contribution in [3.63, 3.8) is 0 Å². The van der Waals surface area contributed by atoms with E-state index in [1.165, 1.54) is 0 Å². The average Bonchev–Trinajstić information content (AvgIpc) is 2.95. The molecular weight excluding hydrogens is 306 g/mol. The minimum atomic E-state index is -0.489. The van der Waals surface area contributed by atoms with Crippen LogP contribution in [0.4, 0.5) is 10.8 Å². The topological polar surface area (TPSA) is 67.6 Å². The van der Waals surface area contributed by atoms with Gasteiger partial charge in [0.1, 0.15) is 11.1 Å². The Morgan fingerprint density at radius 1 is 1.38 bits per heavy atom. The highest BCUT2D eigenvalue weighted by atomic mass is 16.6. The van der Waals surface area contributed by atoms with Crippen molar-refractivity contribution < 1.29 is 13.9 Å². The largest absolute Gasteiger partial charge is 0.444 e. The number of hydrogen-bond donors (Lipinski definition) is 1. The van der Waals surface area contributed by atoms with Gasteiger partial charge in [-0.25, -0.2) is 4.79 Å². The minimum Gasteiger partial charge on any atom is -0.444 e. The molecule has 0 saturated carbocycles. The van der Waals surface area contributed by atoms with Gasteiger partial charge in [-0.2, -0.15) is 4.98 Å². The molecule has 2 aromatic rings. The van der Waals surface area contributed by atoms with Gasteiger partial charge in [0.2, 0.25) is 0 Å². The molecule has 6 heteroatoms. The van der Waals surface area contributed by atoms with Crippen LogP contribution in [0.5, 0.6) is 0 Å². The number of para-hydroxylation sites is 2. The van der Waals surface area contributed by atoms with Gasteiger partial charge in [-0.15, -0.1) is 0 Å². The fourth-order valence-electron chi connectivity index (χ4n) is 2.96. The van der Waals surface area contributed by atoms with Gasteiger partial charge in [0.15, 0.2) is 5.58 Å². The number of benzene rings is 1. The number of carbonyl (C=O) groups is 1. The summed E-state index contributed by atoms with van der Waals surface area (Å²) >= 11 is 0. The normalized spacial score (nSPS) is 18.6. The van der Waals surface area contributed by atoms with Crippen molar-refractivity contribution >= 4 is 23.2 Å². The maximum atomic E-state index is 11.9. The van der Waals surface area contributed by atoms with Gasteiger partial charge in [-0.3, -0.25) is 0 Å². The molecule has 0 bridgehead atoms. The van der Waals surface area contributed by atoms with E-state index in [-0.39, 0.29) is 12.1 Å². The third-order valence-electron chi connectivity index (χ3n) is 4.04. The van der Waals surface area contributed by atoms with Crippen LogP contribution in [0, 0.1) is 0 Å². The van der Waals surface area contributed by atoms with Gasteiger partial charge in [0, 0.05) is 13.1 Å². The van der Waals surface area contributed by atoms with Crippen LogP contribution in [0.2, 0.25) is 0 Å². The maximum absolute atomic E-state index is 11.9. The molecule has 1 N–H and O–H groups in total. The van der Waals surface area contributed by atoms with Crippen LogP contribution in [0.1, 0.15) is 40.0 Å². The first-order chi connectivity index (χ1) is 11.4. The number of amides is 1. The summed E-state index contributed by atoms with van der Waals surface area (Å²) in [7, 11) is 0. The predicted octanol–water partition coefficient (Wildman–Crippen LogP) is 3.71. The molecule has 0 aliphatic carbocycles. The monoisotopic (exact) mass is 331 g/mol. The maximum Gasteiger partial charge on any atom is 0.407 e. The third kappa shape index (κ3) is 3.99. The number of alkyl carbamates (subject to hydrolysis) is 1. The lowest BCUT2D eigenvalue weighted by Gasteiger charge is -2.34. The van der Waals surface area contributed by atoms with Crippen molar-refractivity contribution in [2.45, 2.75) is 51.7 Å².